The molecule has 2 aromatic heterocycles. The van der Waals surface area contributed by atoms with Crippen molar-refractivity contribution >= 4 is 27.9 Å². The molecule has 0 amide bonds. The summed E-state index contributed by atoms with van der Waals surface area (Å²) in [6.45, 7) is 0. The molecular formula is C12H11N3O3. The third-order valence-electron chi connectivity index (χ3n) is 3.11. The Kier molecular flexibility index (Phi) is 2.07. The molecule has 3 aromatic rings. The second-order valence-electron chi connectivity index (χ2n) is 4.04. The molecule has 0 bridgehead atoms. The minimum atomic E-state index is -1.02. The van der Waals surface area contributed by atoms with Gasteiger partial charge >= 0.3 is 5.97 Å². The van der Waals surface area contributed by atoms with Crippen LogP contribution in [-0.4, -0.2) is 33.0 Å². The summed E-state index contributed by atoms with van der Waals surface area (Å²) in [4.78, 5) is 11.2. The van der Waals surface area contributed by atoms with Crippen molar-refractivity contribution in [1.29, 1.82) is 0 Å². The molecule has 6 nitrogen and oxygen atoms in total. The van der Waals surface area contributed by atoms with E-state index in [0.717, 1.165) is 10.9 Å². The molecule has 0 saturated heterocycles. The quantitative estimate of drug-likeness (QED) is 0.721. The largest absolute Gasteiger partial charge is 0.497 e. The Labute approximate surface area is 102 Å². The number of aromatic nitrogens is 3. The Bertz CT molecular complexity index is 770. The first-order chi connectivity index (χ1) is 8.63. The smallest absolute Gasteiger partial charge is 0.354 e. The number of aromatic amines is 1. The second-order valence-corrected chi connectivity index (χ2v) is 4.04. The summed E-state index contributed by atoms with van der Waals surface area (Å²) in [5.41, 5.74) is 1.64. The number of aromatic carboxylic acids is 1. The van der Waals surface area contributed by atoms with E-state index in [-0.39, 0.29) is 5.69 Å². The van der Waals surface area contributed by atoms with Gasteiger partial charge in [-0.25, -0.2) is 4.79 Å². The van der Waals surface area contributed by atoms with Gasteiger partial charge < -0.3 is 14.4 Å². The Morgan fingerprint density at radius 3 is 2.94 bits per heavy atom. The number of nitrogens with zero attached hydrogens (tertiary/aromatic N) is 2. The predicted octanol–water partition coefficient (Wildman–Crippen LogP) is 1.76. The fraction of sp³-hybridized carbons (Fsp3) is 0.167. The van der Waals surface area contributed by atoms with Gasteiger partial charge in [-0.15, -0.1) is 0 Å². The van der Waals surface area contributed by atoms with Crippen LogP contribution in [0.25, 0.3) is 21.9 Å². The maximum absolute atomic E-state index is 11.2. The van der Waals surface area contributed by atoms with E-state index in [0.29, 0.717) is 16.8 Å². The number of benzene rings is 1. The van der Waals surface area contributed by atoms with Gasteiger partial charge in [0, 0.05) is 12.4 Å². The molecule has 0 fully saturated rings. The van der Waals surface area contributed by atoms with Crippen LogP contribution in [0.5, 0.6) is 5.75 Å². The zero-order valence-electron chi connectivity index (χ0n) is 9.89. The van der Waals surface area contributed by atoms with Gasteiger partial charge in [0.25, 0.3) is 0 Å². The highest BCUT2D eigenvalue weighted by Crippen LogP contribution is 2.31. The Hall–Kier alpha value is -2.50. The summed E-state index contributed by atoms with van der Waals surface area (Å²) in [6.07, 6.45) is 0. The summed E-state index contributed by atoms with van der Waals surface area (Å²) in [7, 11) is 3.43. The van der Waals surface area contributed by atoms with Gasteiger partial charge in [0.2, 0.25) is 0 Å². The van der Waals surface area contributed by atoms with E-state index in [1.807, 2.05) is 29.8 Å². The maximum Gasteiger partial charge on any atom is 0.354 e. The van der Waals surface area contributed by atoms with Gasteiger partial charge in [-0.3, -0.25) is 5.10 Å². The van der Waals surface area contributed by atoms with Crippen LogP contribution in [-0.2, 0) is 7.05 Å². The van der Waals surface area contributed by atoms with Gasteiger partial charge in [-0.05, 0) is 18.2 Å². The summed E-state index contributed by atoms with van der Waals surface area (Å²) in [5.74, 6) is -0.333. The number of nitrogens with one attached hydrogen (secondary N) is 1. The number of methoxy groups -OCH3 is 1. The lowest BCUT2D eigenvalue weighted by Gasteiger charge is -2.00. The van der Waals surface area contributed by atoms with Gasteiger partial charge in [-0.2, -0.15) is 5.10 Å². The van der Waals surface area contributed by atoms with Gasteiger partial charge in [0.15, 0.2) is 11.3 Å². The van der Waals surface area contributed by atoms with Crippen molar-refractivity contribution in [2.45, 2.75) is 0 Å². The average Bonchev–Trinajstić information content (AvgIpc) is 2.90. The van der Waals surface area contributed by atoms with Gasteiger partial charge in [-0.1, -0.05) is 0 Å². The van der Waals surface area contributed by atoms with Crippen molar-refractivity contribution in [2.75, 3.05) is 7.11 Å². The first kappa shape index (κ1) is 10.6. The van der Waals surface area contributed by atoms with Crippen LogP contribution in [0.2, 0.25) is 0 Å². The SMILES string of the molecule is COc1ccc2c(c1)c1c(C(=O)O)[nH]nc1n2C. The second kappa shape index (κ2) is 3.49. The lowest BCUT2D eigenvalue weighted by atomic mass is 10.1. The van der Waals surface area contributed by atoms with E-state index >= 15 is 0 Å². The normalized spacial score (nSPS) is 11.2. The fourth-order valence-electron chi connectivity index (χ4n) is 2.23. The van der Waals surface area contributed by atoms with Gasteiger partial charge in [0.1, 0.15) is 5.75 Å². The number of hydrogen-bond acceptors (Lipinski definition) is 3. The Morgan fingerprint density at radius 2 is 2.28 bits per heavy atom. The van der Waals surface area contributed by atoms with Crippen LogP contribution in [0, 0.1) is 0 Å². The highest BCUT2D eigenvalue weighted by Gasteiger charge is 2.19. The highest BCUT2D eigenvalue weighted by atomic mass is 16.5. The van der Waals surface area contributed by atoms with E-state index in [9.17, 15) is 4.79 Å². The molecule has 1 aromatic carbocycles. The number of carboxylic acids is 1. The van der Waals surface area contributed by atoms with Crippen LogP contribution in [0.15, 0.2) is 18.2 Å². The van der Waals surface area contributed by atoms with Crippen LogP contribution in [0.4, 0.5) is 0 Å². The van der Waals surface area contributed by atoms with Crippen molar-refractivity contribution in [2.24, 2.45) is 7.05 Å². The molecule has 0 atom stereocenters. The first-order valence-corrected chi connectivity index (χ1v) is 5.37. The van der Waals surface area contributed by atoms with Crippen LogP contribution in [0.1, 0.15) is 10.5 Å². The van der Waals surface area contributed by atoms with Crippen LogP contribution >= 0.6 is 0 Å². The third kappa shape index (κ3) is 1.22. The Morgan fingerprint density at radius 1 is 1.50 bits per heavy atom. The van der Waals surface area contributed by atoms with Crippen molar-refractivity contribution in [3.05, 3.63) is 23.9 Å². The lowest BCUT2D eigenvalue weighted by Crippen LogP contribution is -1.97. The monoisotopic (exact) mass is 245 g/mol. The molecule has 18 heavy (non-hydrogen) atoms. The summed E-state index contributed by atoms with van der Waals surface area (Å²) in [5, 5.41) is 17.2. The standard InChI is InChI=1S/C12H11N3O3/c1-15-8-4-3-6(18-2)5-7(8)9-10(12(16)17)13-14-11(9)15/h3-5H,1-2H3,(H,13,14)(H,16,17). The molecule has 0 aliphatic carbocycles. The molecule has 0 aliphatic heterocycles. The molecule has 0 radical (unpaired) electrons. The molecule has 0 spiro atoms. The summed E-state index contributed by atoms with van der Waals surface area (Å²) >= 11 is 0. The zero-order valence-corrected chi connectivity index (χ0v) is 9.89. The Balaban J connectivity index is 2.51. The molecule has 0 saturated carbocycles. The summed E-state index contributed by atoms with van der Waals surface area (Å²) < 4.78 is 7.02. The van der Waals surface area contributed by atoms with Crippen molar-refractivity contribution in [3.63, 3.8) is 0 Å². The highest BCUT2D eigenvalue weighted by molar-refractivity contribution is 6.15. The van der Waals surface area contributed by atoms with Gasteiger partial charge in [0.05, 0.1) is 18.0 Å². The molecule has 0 aliphatic rings. The molecule has 6 heteroatoms. The number of ether oxygens (including phenoxy) is 1. The molecule has 3 rings (SSSR count). The number of hydrogen-bond donors (Lipinski definition) is 2. The van der Waals surface area contributed by atoms with Crippen molar-refractivity contribution in [1.82, 2.24) is 14.8 Å². The fourth-order valence-corrected chi connectivity index (χ4v) is 2.23. The minimum absolute atomic E-state index is 0.101. The van der Waals surface area contributed by atoms with Crippen molar-refractivity contribution < 1.29 is 14.6 Å². The zero-order chi connectivity index (χ0) is 12.9. The van der Waals surface area contributed by atoms with E-state index in [4.69, 9.17) is 9.84 Å². The number of H-pyrrole nitrogens is 1. The molecule has 0 unspecified atom stereocenters. The molecule has 92 valence electrons. The van der Waals surface area contributed by atoms with E-state index in [2.05, 4.69) is 10.2 Å². The predicted molar refractivity (Wildman–Crippen MR) is 66.1 cm³/mol. The van der Waals surface area contributed by atoms with Crippen molar-refractivity contribution in [3.8, 4) is 5.75 Å². The van der Waals surface area contributed by atoms with E-state index in [1.165, 1.54) is 0 Å². The van der Waals surface area contributed by atoms with Crippen LogP contribution < -0.4 is 4.74 Å². The number of rotatable bonds is 2. The number of fused-ring (bicyclic) bond motifs is 3. The minimum Gasteiger partial charge on any atom is -0.497 e. The van der Waals surface area contributed by atoms with E-state index < -0.39 is 5.97 Å². The molecular weight excluding hydrogens is 234 g/mol. The maximum atomic E-state index is 11.2. The number of aryl methyl sites for hydroxylation is 1. The first-order valence-electron chi connectivity index (χ1n) is 5.37. The number of carboxylic acid groups (broad SMARTS) is 1. The molecule has 2 heterocycles. The lowest BCUT2D eigenvalue weighted by molar-refractivity contribution is 0.0692. The number of carbonyl (C=O) groups is 1. The summed E-state index contributed by atoms with van der Waals surface area (Å²) in [6, 6.07) is 5.55. The third-order valence-corrected chi connectivity index (χ3v) is 3.11. The van der Waals surface area contributed by atoms with Crippen LogP contribution in [0.3, 0.4) is 0 Å². The van der Waals surface area contributed by atoms with E-state index in [1.54, 1.807) is 7.11 Å². The average molecular weight is 245 g/mol. The topological polar surface area (TPSA) is 80.1 Å². The molecule has 2 N–H and O–H groups in total.